The van der Waals surface area contributed by atoms with Crippen molar-refractivity contribution in [1.82, 2.24) is 9.97 Å². The van der Waals surface area contributed by atoms with Gasteiger partial charge >= 0.3 is 0 Å². The maximum Gasteiger partial charge on any atom is 0.260 e. The van der Waals surface area contributed by atoms with E-state index in [2.05, 4.69) is 43.4 Å². The molecule has 106 valence electrons. The summed E-state index contributed by atoms with van der Waals surface area (Å²) >= 11 is 8.95. The van der Waals surface area contributed by atoms with Gasteiger partial charge in [-0.2, -0.15) is 0 Å². The predicted octanol–water partition coefficient (Wildman–Crippen LogP) is 4.51. The summed E-state index contributed by atoms with van der Waals surface area (Å²) in [5, 5.41) is 11.5. The van der Waals surface area contributed by atoms with E-state index < -0.39 is 11.0 Å². The fraction of sp³-hybridized carbons (Fsp3) is 0. The number of rotatable bonds is 2. The fourth-order valence-corrected chi connectivity index (χ4v) is 3.44. The lowest BCUT2D eigenvalue weighted by atomic mass is 10.1. The highest BCUT2D eigenvalue weighted by molar-refractivity contribution is 9.10. The second-order valence-corrected chi connectivity index (χ2v) is 6.30. The smallest absolute Gasteiger partial charge is 0.260 e. The minimum Gasteiger partial charge on any atom is -0.486 e. The standard InChI is InChI=1S/C13H7BrFN3OS2/c14-7-5-6(8-3-1-2-4-16-8)11-10(9(7)15)17-12(21-11)18-13(19)20/h1-5H,(H2,17,18,19,20). The number of anilines is 1. The Morgan fingerprint density at radius 2 is 2.24 bits per heavy atom. The second kappa shape index (κ2) is 5.63. The third kappa shape index (κ3) is 2.74. The second-order valence-electron chi connectivity index (χ2n) is 4.06. The summed E-state index contributed by atoms with van der Waals surface area (Å²) < 4.78 is 15.1. The maximum atomic E-state index is 14.2. The van der Waals surface area contributed by atoms with Crippen molar-refractivity contribution in [2.45, 2.75) is 0 Å². The van der Waals surface area contributed by atoms with Crippen LogP contribution in [0.2, 0.25) is 0 Å². The van der Waals surface area contributed by atoms with E-state index in [9.17, 15) is 4.39 Å². The molecular formula is C13H7BrFN3OS2. The zero-order valence-electron chi connectivity index (χ0n) is 10.3. The van der Waals surface area contributed by atoms with Crippen LogP contribution in [0.1, 0.15) is 0 Å². The number of nitrogens with one attached hydrogen (secondary N) is 1. The van der Waals surface area contributed by atoms with Crippen LogP contribution in [0.3, 0.4) is 0 Å². The van der Waals surface area contributed by atoms with E-state index in [4.69, 9.17) is 5.11 Å². The number of aliphatic hydroxyl groups excluding tert-OH is 1. The summed E-state index contributed by atoms with van der Waals surface area (Å²) in [6, 6.07) is 7.17. The zero-order chi connectivity index (χ0) is 15.0. The van der Waals surface area contributed by atoms with Crippen LogP contribution in [-0.2, 0) is 0 Å². The highest BCUT2D eigenvalue weighted by Crippen LogP contribution is 2.38. The first kappa shape index (κ1) is 14.3. The van der Waals surface area contributed by atoms with Crippen molar-refractivity contribution >= 4 is 60.0 Å². The Hall–Kier alpha value is -1.64. The van der Waals surface area contributed by atoms with Gasteiger partial charge in [0.05, 0.1) is 14.9 Å². The van der Waals surface area contributed by atoms with Crippen molar-refractivity contribution in [1.29, 1.82) is 0 Å². The lowest BCUT2D eigenvalue weighted by Gasteiger charge is -2.04. The molecule has 0 aliphatic carbocycles. The maximum absolute atomic E-state index is 14.2. The summed E-state index contributed by atoms with van der Waals surface area (Å²) in [5.41, 5.74) is 1.67. The van der Waals surface area contributed by atoms with E-state index in [1.807, 2.05) is 18.2 Å². The molecule has 2 N–H and O–H groups in total. The van der Waals surface area contributed by atoms with Crippen LogP contribution in [0.25, 0.3) is 21.5 Å². The molecule has 1 aromatic carbocycles. The molecule has 2 heterocycles. The Morgan fingerprint density at radius 1 is 1.43 bits per heavy atom. The molecule has 3 aromatic rings. The molecule has 0 aliphatic rings. The van der Waals surface area contributed by atoms with Gasteiger partial charge in [0, 0.05) is 11.8 Å². The van der Waals surface area contributed by atoms with Gasteiger partial charge in [-0.25, -0.2) is 9.37 Å². The Labute approximate surface area is 136 Å². The van der Waals surface area contributed by atoms with Gasteiger partial charge in [-0.05, 0) is 46.3 Å². The summed E-state index contributed by atoms with van der Waals surface area (Å²) in [7, 11) is 0. The van der Waals surface area contributed by atoms with Gasteiger partial charge in [0.2, 0.25) is 0 Å². The zero-order valence-corrected chi connectivity index (χ0v) is 13.5. The van der Waals surface area contributed by atoms with Crippen LogP contribution in [0.4, 0.5) is 9.52 Å². The number of fused-ring (bicyclic) bond motifs is 1. The van der Waals surface area contributed by atoms with Gasteiger partial charge in [-0.3, -0.25) is 10.3 Å². The first-order chi connectivity index (χ1) is 10.1. The average Bonchev–Trinajstić information content (AvgIpc) is 2.87. The number of aromatic nitrogens is 2. The monoisotopic (exact) mass is 383 g/mol. The normalized spacial score (nSPS) is 10.8. The molecule has 0 saturated carbocycles. The highest BCUT2D eigenvalue weighted by atomic mass is 79.9. The molecule has 0 fully saturated rings. The molecule has 8 heteroatoms. The molecule has 0 amide bonds. The minimum atomic E-state index is -0.460. The number of aliphatic hydroxyl groups is 1. The fourth-order valence-electron chi connectivity index (χ4n) is 1.88. The summed E-state index contributed by atoms with van der Waals surface area (Å²) in [5.74, 6) is -0.460. The summed E-state index contributed by atoms with van der Waals surface area (Å²) in [4.78, 5) is 8.41. The molecule has 0 spiro atoms. The molecule has 0 atom stereocenters. The van der Waals surface area contributed by atoms with Gasteiger partial charge in [-0.1, -0.05) is 17.4 Å². The first-order valence-electron chi connectivity index (χ1n) is 5.76. The van der Waals surface area contributed by atoms with E-state index >= 15 is 0 Å². The Morgan fingerprint density at radius 3 is 2.90 bits per heavy atom. The van der Waals surface area contributed by atoms with Gasteiger partial charge in [0.1, 0.15) is 5.52 Å². The van der Waals surface area contributed by atoms with E-state index in [0.717, 1.165) is 5.56 Å². The van der Waals surface area contributed by atoms with Crippen molar-refractivity contribution in [3.05, 3.63) is 40.8 Å². The van der Waals surface area contributed by atoms with Gasteiger partial charge in [0.15, 0.2) is 10.9 Å². The Kier molecular flexibility index (Phi) is 3.83. The topological polar surface area (TPSA) is 58.0 Å². The number of pyridine rings is 1. The van der Waals surface area contributed by atoms with Crippen molar-refractivity contribution < 1.29 is 9.50 Å². The molecule has 4 nitrogen and oxygen atoms in total. The molecule has 0 bridgehead atoms. The summed E-state index contributed by atoms with van der Waals surface area (Å²) in [6.07, 6.45) is 1.67. The largest absolute Gasteiger partial charge is 0.486 e. The van der Waals surface area contributed by atoms with Crippen molar-refractivity contribution in [2.24, 2.45) is 0 Å². The quantitative estimate of drug-likeness (QED) is 0.637. The van der Waals surface area contributed by atoms with E-state index in [1.165, 1.54) is 11.3 Å². The Balaban J connectivity index is 2.27. The Bertz CT molecular complexity index is 838. The molecule has 2 aromatic heterocycles. The first-order valence-corrected chi connectivity index (χ1v) is 7.78. The van der Waals surface area contributed by atoms with Crippen LogP contribution in [0.15, 0.2) is 34.9 Å². The minimum absolute atomic E-state index is 0.203. The van der Waals surface area contributed by atoms with Crippen LogP contribution in [0.5, 0.6) is 0 Å². The molecule has 0 radical (unpaired) electrons. The third-order valence-corrected chi connectivity index (χ3v) is 4.40. The van der Waals surface area contributed by atoms with E-state index in [0.29, 0.717) is 20.0 Å². The SMILES string of the molecule is OC(=S)Nc1nc2c(F)c(Br)cc(-c3ccccn3)c2s1. The van der Waals surface area contributed by atoms with Crippen LogP contribution < -0.4 is 5.32 Å². The van der Waals surface area contributed by atoms with Crippen LogP contribution >= 0.6 is 39.5 Å². The van der Waals surface area contributed by atoms with Crippen molar-refractivity contribution in [3.8, 4) is 11.3 Å². The number of hydrogen-bond acceptors (Lipinski definition) is 4. The predicted molar refractivity (Wildman–Crippen MR) is 89.4 cm³/mol. The number of thiocarbonyl (C=S) groups is 1. The lowest BCUT2D eigenvalue weighted by molar-refractivity contribution is 0.567. The molecule has 0 unspecified atom stereocenters. The van der Waals surface area contributed by atoms with E-state index in [1.54, 1.807) is 12.3 Å². The number of halogens is 2. The lowest BCUT2D eigenvalue weighted by Crippen LogP contribution is -2.05. The number of nitrogens with zero attached hydrogens (tertiary/aromatic N) is 2. The number of benzene rings is 1. The number of thiazole rings is 1. The highest BCUT2D eigenvalue weighted by Gasteiger charge is 2.17. The van der Waals surface area contributed by atoms with Gasteiger partial charge in [0.25, 0.3) is 5.17 Å². The molecule has 3 rings (SSSR count). The van der Waals surface area contributed by atoms with Crippen LogP contribution in [-0.4, -0.2) is 20.2 Å². The third-order valence-electron chi connectivity index (χ3n) is 2.72. The molecule has 0 aliphatic heterocycles. The molecule has 0 saturated heterocycles. The van der Waals surface area contributed by atoms with Crippen molar-refractivity contribution in [2.75, 3.05) is 5.32 Å². The molecule has 21 heavy (non-hydrogen) atoms. The number of hydrogen-bond donors (Lipinski definition) is 2. The van der Waals surface area contributed by atoms with Gasteiger partial charge in [-0.15, -0.1) is 0 Å². The van der Waals surface area contributed by atoms with Crippen LogP contribution in [0, 0.1) is 5.82 Å². The molecular weight excluding hydrogens is 377 g/mol. The van der Waals surface area contributed by atoms with Crippen molar-refractivity contribution in [3.63, 3.8) is 0 Å². The summed E-state index contributed by atoms with van der Waals surface area (Å²) in [6.45, 7) is 0. The van der Waals surface area contributed by atoms with E-state index in [-0.39, 0.29) is 5.52 Å². The average molecular weight is 384 g/mol. The van der Waals surface area contributed by atoms with Gasteiger partial charge < -0.3 is 5.11 Å².